The second-order valence-electron chi connectivity index (χ2n) is 6.36. The molecule has 6 heteroatoms. The molecule has 140 valence electrons. The molecule has 1 saturated heterocycles. The maximum atomic E-state index is 12.3. The summed E-state index contributed by atoms with van der Waals surface area (Å²) in [6, 6.07) is 19.3. The van der Waals surface area contributed by atoms with Gasteiger partial charge in [0.15, 0.2) is 0 Å². The van der Waals surface area contributed by atoms with Crippen LogP contribution >= 0.6 is 0 Å². The maximum absolute atomic E-state index is 12.3. The smallest absolute Gasteiger partial charge is 0.112 e. The molecule has 2 aromatic rings. The van der Waals surface area contributed by atoms with Crippen molar-refractivity contribution in [3.8, 4) is 0 Å². The molecule has 1 aliphatic heterocycles. The highest BCUT2D eigenvalue weighted by Crippen LogP contribution is 2.25. The van der Waals surface area contributed by atoms with Crippen molar-refractivity contribution < 1.29 is 23.9 Å². The summed E-state index contributed by atoms with van der Waals surface area (Å²) in [7, 11) is -1.37. The summed E-state index contributed by atoms with van der Waals surface area (Å²) in [5.41, 5.74) is 1.95. The molecule has 0 aromatic heterocycles. The number of ether oxygens (including phenoxy) is 2. The monoisotopic (exact) mass is 376 g/mol. The van der Waals surface area contributed by atoms with E-state index in [0.717, 1.165) is 11.1 Å². The summed E-state index contributed by atoms with van der Waals surface area (Å²) in [6.45, 7) is 0.347. The summed E-state index contributed by atoms with van der Waals surface area (Å²) >= 11 is 0. The lowest BCUT2D eigenvalue weighted by molar-refractivity contribution is -0.134. The van der Waals surface area contributed by atoms with Crippen molar-refractivity contribution in [2.45, 2.75) is 36.8 Å². The quantitative estimate of drug-likeness (QED) is 0.768. The highest BCUT2D eigenvalue weighted by atomic mass is 32.2. The van der Waals surface area contributed by atoms with Crippen LogP contribution in [0.1, 0.15) is 11.1 Å². The standard InChI is InChI=1S/C20H24O5S/c21-11-18-20(25-13-16-9-5-2-6-10-16)19(17(22)14-26(18)23)24-12-15-7-3-1-4-8-15/h1-10,17-22H,11-14H2/t17-,18+,19-,20-,26+/m1/s1. The first-order chi connectivity index (χ1) is 12.7. The Kier molecular flexibility index (Phi) is 6.93. The summed E-state index contributed by atoms with van der Waals surface area (Å²) < 4.78 is 24.3. The fourth-order valence-electron chi connectivity index (χ4n) is 3.10. The first-order valence-corrected chi connectivity index (χ1v) is 10.0. The third-order valence-electron chi connectivity index (χ3n) is 4.49. The average molecular weight is 376 g/mol. The predicted molar refractivity (Wildman–Crippen MR) is 99.9 cm³/mol. The molecular weight excluding hydrogens is 352 g/mol. The van der Waals surface area contributed by atoms with Crippen LogP contribution in [0.4, 0.5) is 0 Å². The molecule has 1 heterocycles. The van der Waals surface area contributed by atoms with Crippen LogP contribution in [-0.4, -0.2) is 50.3 Å². The van der Waals surface area contributed by atoms with Gasteiger partial charge < -0.3 is 19.7 Å². The molecule has 5 nitrogen and oxygen atoms in total. The molecule has 2 aromatic carbocycles. The predicted octanol–water partition coefficient (Wildman–Crippen LogP) is 1.64. The highest BCUT2D eigenvalue weighted by molar-refractivity contribution is 7.85. The van der Waals surface area contributed by atoms with Gasteiger partial charge in [-0.15, -0.1) is 0 Å². The van der Waals surface area contributed by atoms with Crippen LogP contribution in [0.3, 0.4) is 0 Å². The van der Waals surface area contributed by atoms with E-state index in [1.807, 2.05) is 60.7 Å². The summed E-state index contributed by atoms with van der Waals surface area (Å²) in [6.07, 6.45) is -2.19. The molecule has 1 fully saturated rings. The SMILES string of the molecule is O=[S@]1C[C@@H](O)[C@@H](OCc2ccccc2)[C@H](OCc2ccccc2)[C@@H]1CO. The minimum absolute atomic E-state index is 0.0792. The lowest BCUT2D eigenvalue weighted by Crippen LogP contribution is -2.57. The first-order valence-electron chi connectivity index (χ1n) is 8.66. The number of aliphatic hydroxyl groups is 2. The van der Waals surface area contributed by atoms with Gasteiger partial charge in [-0.3, -0.25) is 4.21 Å². The maximum Gasteiger partial charge on any atom is 0.112 e. The normalized spacial score (nSPS) is 28.8. The summed E-state index contributed by atoms with van der Waals surface area (Å²) in [5.74, 6) is 0.0792. The van der Waals surface area contributed by atoms with Crippen LogP contribution in [0.2, 0.25) is 0 Å². The first kappa shape index (κ1) is 19.2. The van der Waals surface area contributed by atoms with Crippen LogP contribution in [0.15, 0.2) is 60.7 Å². The van der Waals surface area contributed by atoms with E-state index >= 15 is 0 Å². The number of hydrogen-bond donors (Lipinski definition) is 2. The van der Waals surface area contributed by atoms with Gasteiger partial charge in [0.1, 0.15) is 12.2 Å². The van der Waals surface area contributed by atoms with Crippen LogP contribution in [0.25, 0.3) is 0 Å². The average Bonchev–Trinajstić information content (AvgIpc) is 2.67. The van der Waals surface area contributed by atoms with Gasteiger partial charge >= 0.3 is 0 Å². The van der Waals surface area contributed by atoms with E-state index < -0.39 is 34.4 Å². The molecule has 3 rings (SSSR count). The van der Waals surface area contributed by atoms with E-state index in [-0.39, 0.29) is 12.4 Å². The van der Waals surface area contributed by atoms with Crippen molar-refractivity contribution in [2.75, 3.05) is 12.4 Å². The van der Waals surface area contributed by atoms with Crippen molar-refractivity contribution in [3.05, 3.63) is 71.8 Å². The zero-order valence-electron chi connectivity index (χ0n) is 14.4. The van der Waals surface area contributed by atoms with Gasteiger partial charge in [0.2, 0.25) is 0 Å². The van der Waals surface area contributed by atoms with E-state index in [0.29, 0.717) is 13.2 Å². The molecule has 26 heavy (non-hydrogen) atoms. The van der Waals surface area contributed by atoms with Crippen molar-refractivity contribution in [1.29, 1.82) is 0 Å². The Hall–Kier alpha value is -1.57. The lowest BCUT2D eigenvalue weighted by atomic mass is 10.0. The fraction of sp³-hybridized carbons (Fsp3) is 0.400. The van der Waals surface area contributed by atoms with Gasteiger partial charge in [0.25, 0.3) is 0 Å². The summed E-state index contributed by atoms with van der Waals surface area (Å²) in [5, 5.41) is 19.5. The topological polar surface area (TPSA) is 76.0 Å². The third-order valence-corrected chi connectivity index (χ3v) is 6.26. The molecular formula is C20H24O5S. The Morgan fingerprint density at radius 3 is 1.88 bits per heavy atom. The van der Waals surface area contributed by atoms with Crippen LogP contribution in [-0.2, 0) is 33.5 Å². The van der Waals surface area contributed by atoms with Crippen molar-refractivity contribution in [2.24, 2.45) is 0 Å². The van der Waals surface area contributed by atoms with Gasteiger partial charge in [0, 0.05) is 10.8 Å². The Morgan fingerprint density at radius 1 is 0.885 bits per heavy atom. The molecule has 2 N–H and O–H groups in total. The Bertz CT molecular complexity index is 694. The van der Waals surface area contributed by atoms with Crippen LogP contribution in [0, 0.1) is 0 Å². The number of aliphatic hydroxyl groups excluding tert-OH is 2. The van der Waals surface area contributed by atoms with E-state index in [2.05, 4.69) is 0 Å². The zero-order valence-corrected chi connectivity index (χ0v) is 15.3. The van der Waals surface area contributed by atoms with Gasteiger partial charge in [-0.2, -0.15) is 0 Å². The van der Waals surface area contributed by atoms with Gasteiger partial charge in [0.05, 0.1) is 36.9 Å². The van der Waals surface area contributed by atoms with E-state index in [1.54, 1.807) is 0 Å². The van der Waals surface area contributed by atoms with E-state index in [4.69, 9.17) is 9.47 Å². The van der Waals surface area contributed by atoms with Crippen LogP contribution < -0.4 is 0 Å². The second kappa shape index (κ2) is 9.39. The zero-order chi connectivity index (χ0) is 18.4. The largest absolute Gasteiger partial charge is 0.395 e. The molecule has 0 spiro atoms. The number of hydrogen-bond acceptors (Lipinski definition) is 5. The minimum Gasteiger partial charge on any atom is -0.395 e. The number of rotatable bonds is 7. The van der Waals surface area contributed by atoms with Gasteiger partial charge in [-0.1, -0.05) is 60.7 Å². The Labute approximate surface area is 156 Å². The third kappa shape index (κ3) is 4.78. The van der Waals surface area contributed by atoms with E-state index in [9.17, 15) is 14.4 Å². The molecule has 5 atom stereocenters. The molecule has 0 amide bonds. The number of benzene rings is 2. The lowest BCUT2D eigenvalue weighted by Gasteiger charge is -2.39. The molecule has 0 aliphatic carbocycles. The van der Waals surface area contributed by atoms with Crippen molar-refractivity contribution >= 4 is 10.8 Å². The molecule has 1 aliphatic rings. The van der Waals surface area contributed by atoms with Crippen LogP contribution in [0.5, 0.6) is 0 Å². The van der Waals surface area contributed by atoms with Gasteiger partial charge in [-0.25, -0.2) is 0 Å². The molecule has 0 saturated carbocycles. The molecule has 0 bridgehead atoms. The second-order valence-corrected chi connectivity index (χ2v) is 8.06. The Balaban J connectivity index is 1.72. The highest BCUT2D eigenvalue weighted by Gasteiger charge is 2.44. The van der Waals surface area contributed by atoms with Crippen molar-refractivity contribution in [1.82, 2.24) is 0 Å². The van der Waals surface area contributed by atoms with Crippen molar-refractivity contribution in [3.63, 3.8) is 0 Å². The van der Waals surface area contributed by atoms with E-state index in [1.165, 1.54) is 0 Å². The fourth-order valence-corrected chi connectivity index (χ4v) is 4.57. The molecule has 0 unspecified atom stereocenters. The molecule has 0 radical (unpaired) electrons. The Morgan fingerprint density at radius 2 is 1.38 bits per heavy atom. The summed E-state index contributed by atoms with van der Waals surface area (Å²) in [4.78, 5) is 0. The van der Waals surface area contributed by atoms with Gasteiger partial charge in [-0.05, 0) is 11.1 Å². The minimum atomic E-state index is -1.37.